The molecule has 1 aromatic heterocycles. The number of sulfonamides is 1. The molecule has 3 rings (SSSR count). The zero-order valence-electron chi connectivity index (χ0n) is 12.8. The summed E-state index contributed by atoms with van der Waals surface area (Å²) in [5, 5.41) is -0.0746. The summed E-state index contributed by atoms with van der Waals surface area (Å²) < 4.78 is 38.0. The molecule has 128 valence electrons. The van der Waals surface area contributed by atoms with E-state index in [0.29, 0.717) is 36.4 Å². The lowest BCUT2D eigenvalue weighted by Crippen LogP contribution is -2.27. The predicted octanol–water partition coefficient (Wildman–Crippen LogP) is 3.22. The van der Waals surface area contributed by atoms with Crippen molar-refractivity contribution in [3.05, 3.63) is 46.1 Å². The van der Waals surface area contributed by atoms with E-state index in [1.54, 1.807) is 24.3 Å². The van der Waals surface area contributed by atoms with E-state index in [9.17, 15) is 13.2 Å². The Morgan fingerprint density at radius 3 is 2.67 bits per heavy atom. The number of aldehydes is 1. The maximum Gasteiger partial charge on any atom is 0.276 e. The van der Waals surface area contributed by atoms with Crippen LogP contribution in [0, 0.1) is 0 Å². The summed E-state index contributed by atoms with van der Waals surface area (Å²) in [6.45, 7) is 1.09. The van der Waals surface area contributed by atoms with E-state index < -0.39 is 10.0 Å². The fourth-order valence-corrected chi connectivity index (χ4v) is 4.35. The van der Waals surface area contributed by atoms with Crippen LogP contribution in [0.3, 0.4) is 0 Å². The molecule has 0 unspecified atom stereocenters. The van der Waals surface area contributed by atoms with Gasteiger partial charge in [-0.15, -0.1) is 0 Å². The van der Waals surface area contributed by atoms with E-state index >= 15 is 0 Å². The summed E-state index contributed by atoms with van der Waals surface area (Å²) in [4.78, 5) is 11.1. The normalized spacial score (nSPS) is 15.5. The van der Waals surface area contributed by atoms with Gasteiger partial charge in [0.25, 0.3) is 10.0 Å². The third kappa shape index (κ3) is 3.55. The number of halogens is 1. The SMILES string of the molecule is O=Cc1cc(Br)ccc1OCc1ccc(S(=O)(=O)N2CCCC2)o1. The second-order valence-electron chi connectivity index (χ2n) is 5.42. The van der Waals surface area contributed by atoms with Crippen molar-refractivity contribution < 1.29 is 22.4 Å². The van der Waals surface area contributed by atoms with E-state index in [4.69, 9.17) is 9.15 Å². The molecule has 8 heteroatoms. The maximum atomic E-state index is 12.4. The Hall–Kier alpha value is -1.64. The van der Waals surface area contributed by atoms with Crippen LogP contribution < -0.4 is 4.74 Å². The van der Waals surface area contributed by atoms with Crippen molar-refractivity contribution in [2.45, 2.75) is 24.5 Å². The molecule has 24 heavy (non-hydrogen) atoms. The molecule has 0 atom stereocenters. The van der Waals surface area contributed by atoms with E-state index in [-0.39, 0.29) is 11.7 Å². The molecule has 0 N–H and O–H groups in total. The molecule has 0 radical (unpaired) electrons. The summed E-state index contributed by atoms with van der Waals surface area (Å²) >= 11 is 3.29. The van der Waals surface area contributed by atoms with Crippen molar-refractivity contribution in [3.8, 4) is 5.75 Å². The zero-order valence-corrected chi connectivity index (χ0v) is 15.2. The van der Waals surface area contributed by atoms with Crippen LogP contribution in [-0.2, 0) is 16.6 Å². The van der Waals surface area contributed by atoms with Crippen LogP contribution in [0.4, 0.5) is 0 Å². The minimum atomic E-state index is -3.57. The second kappa shape index (κ2) is 7.08. The van der Waals surface area contributed by atoms with Crippen molar-refractivity contribution >= 4 is 32.2 Å². The molecule has 1 aromatic carbocycles. The zero-order chi connectivity index (χ0) is 17.2. The van der Waals surface area contributed by atoms with Crippen LogP contribution in [0.2, 0.25) is 0 Å². The summed E-state index contributed by atoms with van der Waals surface area (Å²) in [7, 11) is -3.57. The lowest BCUT2D eigenvalue weighted by molar-refractivity contribution is 0.111. The summed E-state index contributed by atoms with van der Waals surface area (Å²) in [6.07, 6.45) is 2.44. The van der Waals surface area contributed by atoms with Gasteiger partial charge in [0.2, 0.25) is 5.09 Å². The van der Waals surface area contributed by atoms with Crippen LogP contribution in [0.25, 0.3) is 0 Å². The van der Waals surface area contributed by atoms with Crippen molar-refractivity contribution in [3.63, 3.8) is 0 Å². The van der Waals surface area contributed by atoms with Gasteiger partial charge in [0.05, 0.1) is 5.56 Å². The van der Waals surface area contributed by atoms with Gasteiger partial charge in [0.15, 0.2) is 6.29 Å². The molecule has 1 aliphatic heterocycles. The molecule has 0 bridgehead atoms. The molecule has 2 aromatic rings. The summed E-state index contributed by atoms with van der Waals surface area (Å²) in [6, 6.07) is 8.08. The molecule has 6 nitrogen and oxygen atoms in total. The molecule has 0 amide bonds. The Bertz CT molecular complexity index is 840. The Kier molecular flexibility index (Phi) is 5.07. The van der Waals surface area contributed by atoms with Crippen LogP contribution in [-0.4, -0.2) is 32.1 Å². The van der Waals surface area contributed by atoms with Crippen LogP contribution >= 0.6 is 15.9 Å². The number of rotatable bonds is 6. The summed E-state index contributed by atoms with van der Waals surface area (Å²) in [5.41, 5.74) is 0.404. The lowest BCUT2D eigenvalue weighted by Gasteiger charge is -2.12. The van der Waals surface area contributed by atoms with Crippen molar-refractivity contribution in [2.75, 3.05) is 13.1 Å². The molecule has 1 fully saturated rings. The monoisotopic (exact) mass is 413 g/mol. The van der Waals surface area contributed by atoms with Gasteiger partial charge in [-0.25, -0.2) is 8.42 Å². The van der Waals surface area contributed by atoms with Gasteiger partial charge in [0, 0.05) is 17.6 Å². The second-order valence-corrected chi connectivity index (χ2v) is 8.21. The number of carbonyl (C=O) groups excluding carboxylic acids is 1. The Balaban J connectivity index is 1.72. The van der Waals surface area contributed by atoms with E-state index in [1.807, 2.05) is 0 Å². The molecule has 0 saturated carbocycles. The van der Waals surface area contributed by atoms with Crippen LogP contribution in [0.1, 0.15) is 29.0 Å². The van der Waals surface area contributed by atoms with Crippen LogP contribution in [0.15, 0.2) is 44.3 Å². The molecule has 0 spiro atoms. The van der Waals surface area contributed by atoms with E-state index in [2.05, 4.69) is 15.9 Å². The first-order valence-corrected chi connectivity index (χ1v) is 9.70. The molecular weight excluding hydrogens is 398 g/mol. The Morgan fingerprint density at radius 2 is 1.96 bits per heavy atom. The number of nitrogens with zero attached hydrogens (tertiary/aromatic N) is 1. The van der Waals surface area contributed by atoms with Gasteiger partial charge in [-0.3, -0.25) is 4.79 Å². The highest BCUT2D eigenvalue weighted by atomic mass is 79.9. The smallest absolute Gasteiger partial charge is 0.276 e. The van der Waals surface area contributed by atoms with Gasteiger partial charge in [-0.05, 0) is 43.2 Å². The molecular formula is C16H16BrNO5S. The van der Waals surface area contributed by atoms with Gasteiger partial charge in [-0.1, -0.05) is 15.9 Å². The number of benzene rings is 1. The Labute approximate surface area is 148 Å². The lowest BCUT2D eigenvalue weighted by atomic mass is 10.2. The topological polar surface area (TPSA) is 76.8 Å². The first-order chi connectivity index (χ1) is 11.5. The van der Waals surface area contributed by atoms with Gasteiger partial charge in [0.1, 0.15) is 18.1 Å². The average Bonchev–Trinajstić information content (AvgIpc) is 3.25. The quantitative estimate of drug-likeness (QED) is 0.679. The highest BCUT2D eigenvalue weighted by Crippen LogP contribution is 2.25. The number of hydrogen-bond acceptors (Lipinski definition) is 5. The number of ether oxygens (including phenoxy) is 1. The fraction of sp³-hybridized carbons (Fsp3) is 0.312. The number of hydrogen-bond donors (Lipinski definition) is 0. The average molecular weight is 414 g/mol. The van der Waals surface area contributed by atoms with Crippen molar-refractivity contribution in [1.82, 2.24) is 4.31 Å². The number of carbonyl (C=O) groups is 1. The van der Waals surface area contributed by atoms with Gasteiger partial charge in [-0.2, -0.15) is 4.31 Å². The highest BCUT2D eigenvalue weighted by Gasteiger charge is 2.29. The molecule has 2 heterocycles. The van der Waals surface area contributed by atoms with Gasteiger partial charge >= 0.3 is 0 Å². The van der Waals surface area contributed by atoms with Crippen LogP contribution in [0.5, 0.6) is 5.75 Å². The maximum absolute atomic E-state index is 12.4. The standard InChI is InChI=1S/C16H16BrNO5S/c17-13-3-5-15(12(9-13)10-19)22-11-14-4-6-16(23-14)24(20,21)18-7-1-2-8-18/h3-6,9-10H,1-2,7-8,11H2. The molecule has 0 aliphatic carbocycles. The minimum Gasteiger partial charge on any atom is -0.485 e. The number of furan rings is 1. The largest absolute Gasteiger partial charge is 0.485 e. The van der Waals surface area contributed by atoms with E-state index in [1.165, 1.54) is 10.4 Å². The predicted molar refractivity (Wildman–Crippen MR) is 90.6 cm³/mol. The molecule has 1 saturated heterocycles. The summed E-state index contributed by atoms with van der Waals surface area (Å²) in [5.74, 6) is 0.793. The first kappa shape index (κ1) is 17.2. The Morgan fingerprint density at radius 1 is 1.21 bits per heavy atom. The van der Waals surface area contributed by atoms with Gasteiger partial charge < -0.3 is 9.15 Å². The third-order valence-electron chi connectivity index (χ3n) is 3.76. The highest BCUT2D eigenvalue weighted by molar-refractivity contribution is 9.10. The molecule has 1 aliphatic rings. The van der Waals surface area contributed by atoms with Crippen molar-refractivity contribution in [1.29, 1.82) is 0 Å². The van der Waals surface area contributed by atoms with Crippen molar-refractivity contribution in [2.24, 2.45) is 0 Å². The van der Waals surface area contributed by atoms with E-state index in [0.717, 1.165) is 17.3 Å². The fourth-order valence-electron chi connectivity index (χ4n) is 2.52. The third-order valence-corrected chi connectivity index (χ3v) is 6.03. The first-order valence-electron chi connectivity index (χ1n) is 7.47. The minimum absolute atomic E-state index is 0.0397.